The van der Waals surface area contributed by atoms with E-state index in [1.807, 2.05) is 0 Å². The summed E-state index contributed by atoms with van der Waals surface area (Å²) in [6, 6.07) is 5.10. The summed E-state index contributed by atoms with van der Waals surface area (Å²) in [6.07, 6.45) is 0. The number of anilines is 1. The van der Waals surface area contributed by atoms with Crippen molar-refractivity contribution in [3.05, 3.63) is 28.3 Å². The van der Waals surface area contributed by atoms with Crippen LogP contribution in [0.1, 0.15) is 0 Å². The average Bonchev–Trinajstić information content (AvgIpc) is 3.10. The quantitative estimate of drug-likeness (QED) is 0.658. The number of non-ortho nitro benzene ring substituents is 1. The smallest absolute Gasteiger partial charge is 0.298 e. The number of rotatable bonds is 2. The van der Waals surface area contributed by atoms with Gasteiger partial charge in [-0.15, -0.1) is 0 Å². The fourth-order valence-corrected chi connectivity index (χ4v) is 3.16. The van der Waals surface area contributed by atoms with Gasteiger partial charge in [0.25, 0.3) is 11.7 Å². The summed E-state index contributed by atoms with van der Waals surface area (Å²) in [4.78, 5) is 16.9. The summed E-state index contributed by atoms with van der Waals surface area (Å²) in [7, 11) is 0. The van der Waals surface area contributed by atoms with Crippen LogP contribution in [0.15, 0.2) is 22.6 Å². The van der Waals surface area contributed by atoms with Crippen molar-refractivity contribution in [1.82, 2.24) is 10.3 Å². The molecule has 0 amide bonds. The second kappa shape index (κ2) is 4.17. The first-order valence-electron chi connectivity index (χ1n) is 6.71. The summed E-state index contributed by atoms with van der Waals surface area (Å²) >= 11 is 0. The first kappa shape index (κ1) is 11.7. The number of hydrogen-bond acceptors (Lipinski definition) is 6. The lowest BCUT2D eigenvalue weighted by Gasteiger charge is -2.13. The molecular formula is C13H14N4O3. The predicted molar refractivity (Wildman–Crippen MR) is 72.7 cm³/mol. The highest BCUT2D eigenvalue weighted by Gasteiger charge is 2.37. The Hall–Kier alpha value is -2.15. The number of fused-ring (bicyclic) bond motifs is 2. The van der Waals surface area contributed by atoms with Crippen molar-refractivity contribution in [2.45, 2.75) is 0 Å². The van der Waals surface area contributed by atoms with Gasteiger partial charge in [0.15, 0.2) is 5.58 Å². The van der Waals surface area contributed by atoms with E-state index in [4.69, 9.17) is 4.42 Å². The number of benzene rings is 1. The average molecular weight is 274 g/mol. The summed E-state index contributed by atoms with van der Waals surface area (Å²) in [5.41, 5.74) is 1.19. The lowest BCUT2D eigenvalue weighted by molar-refractivity contribution is -0.384. The van der Waals surface area contributed by atoms with Crippen molar-refractivity contribution in [2.75, 3.05) is 31.1 Å². The molecule has 1 aromatic heterocycles. The molecule has 3 heterocycles. The van der Waals surface area contributed by atoms with E-state index in [1.54, 1.807) is 6.07 Å². The predicted octanol–water partition coefficient (Wildman–Crippen LogP) is 1.39. The van der Waals surface area contributed by atoms with Crippen LogP contribution in [0.5, 0.6) is 0 Å². The molecule has 1 N–H and O–H groups in total. The van der Waals surface area contributed by atoms with Crippen LogP contribution in [0.2, 0.25) is 0 Å². The van der Waals surface area contributed by atoms with Gasteiger partial charge < -0.3 is 14.6 Å². The molecule has 4 rings (SSSR count). The number of nitro benzene ring substituents is 1. The highest BCUT2D eigenvalue weighted by atomic mass is 16.6. The fraction of sp³-hybridized carbons (Fsp3) is 0.462. The zero-order valence-corrected chi connectivity index (χ0v) is 10.8. The van der Waals surface area contributed by atoms with Crippen molar-refractivity contribution in [3.8, 4) is 0 Å². The molecule has 0 unspecified atom stereocenters. The molecule has 0 spiro atoms. The van der Waals surface area contributed by atoms with Crippen molar-refractivity contribution >= 4 is 22.8 Å². The van der Waals surface area contributed by atoms with Gasteiger partial charge in [-0.3, -0.25) is 10.1 Å². The fourth-order valence-electron chi connectivity index (χ4n) is 3.16. The van der Waals surface area contributed by atoms with Gasteiger partial charge in [0, 0.05) is 38.3 Å². The Labute approximate surface area is 114 Å². The van der Waals surface area contributed by atoms with E-state index in [0.717, 1.165) is 26.2 Å². The third kappa shape index (κ3) is 1.74. The van der Waals surface area contributed by atoms with Crippen LogP contribution in [0, 0.1) is 22.0 Å². The maximum atomic E-state index is 10.8. The number of oxazole rings is 1. The van der Waals surface area contributed by atoms with Gasteiger partial charge in [0.05, 0.1) is 4.92 Å². The molecule has 7 nitrogen and oxygen atoms in total. The number of nitro groups is 1. The lowest BCUT2D eigenvalue weighted by atomic mass is 10.0. The molecule has 2 aromatic rings. The third-order valence-corrected chi connectivity index (χ3v) is 4.23. The standard InChI is InChI=1S/C13H14N4O3/c18-17(19)10-1-2-12-11(3-10)15-13(20-12)16-6-8-4-14-5-9(8)7-16/h1-3,8-9,14H,4-7H2/t8-,9+. The Morgan fingerprint density at radius 3 is 2.80 bits per heavy atom. The van der Waals surface area contributed by atoms with Gasteiger partial charge in [-0.05, 0) is 17.9 Å². The minimum Gasteiger partial charge on any atom is -0.423 e. The molecule has 1 aromatic carbocycles. The van der Waals surface area contributed by atoms with Gasteiger partial charge >= 0.3 is 0 Å². The van der Waals surface area contributed by atoms with E-state index in [0.29, 0.717) is 29.0 Å². The highest BCUT2D eigenvalue weighted by Crippen LogP contribution is 2.32. The molecule has 2 aliphatic heterocycles. The van der Waals surface area contributed by atoms with Crippen LogP contribution in [0.3, 0.4) is 0 Å². The Morgan fingerprint density at radius 2 is 2.10 bits per heavy atom. The maximum Gasteiger partial charge on any atom is 0.298 e. The number of hydrogen-bond donors (Lipinski definition) is 1. The molecule has 2 atom stereocenters. The van der Waals surface area contributed by atoms with Crippen LogP contribution in [0.4, 0.5) is 11.7 Å². The summed E-state index contributed by atoms with van der Waals surface area (Å²) in [5, 5.41) is 14.2. The van der Waals surface area contributed by atoms with Gasteiger partial charge in [0.2, 0.25) is 0 Å². The van der Waals surface area contributed by atoms with E-state index < -0.39 is 4.92 Å². The number of nitrogens with one attached hydrogen (secondary N) is 1. The third-order valence-electron chi connectivity index (χ3n) is 4.23. The Kier molecular flexibility index (Phi) is 2.43. The van der Waals surface area contributed by atoms with Crippen LogP contribution < -0.4 is 10.2 Å². The first-order chi connectivity index (χ1) is 9.70. The number of nitrogens with zero attached hydrogens (tertiary/aromatic N) is 3. The van der Waals surface area contributed by atoms with E-state index >= 15 is 0 Å². The van der Waals surface area contributed by atoms with Gasteiger partial charge in [-0.25, -0.2) is 0 Å². The van der Waals surface area contributed by atoms with Crippen LogP contribution in [-0.4, -0.2) is 36.1 Å². The Bertz CT molecular complexity index is 671. The second-order valence-electron chi connectivity index (χ2n) is 5.49. The molecule has 0 radical (unpaired) electrons. The molecule has 2 aliphatic rings. The largest absolute Gasteiger partial charge is 0.423 e. The van der Waals surface area contributed by atoms with Crippen molar-refractivity contribution < 1.29 is 9.34 Å². The van der Waals surface area contributed by atoms with E-state index in [1.165, 1.54) is 12.1 Å². The number of aromatic nitrogens is 1. The Morgan fingerprint density at radius 1 is 1.35 bits per heavy atom. The summed E-state index contributed by atoms with van der Waals surface area (Å²) in [5.74, 6) is 1.30. The topological polar surface area (TPSA) is 84.4 Å². The molecular weight excluding hydrogens is 260 g/mol. The first-order valence-corrected chi connectivity index (χ1v) is 6.71. The summed E-state index contributed by atoms with van der Waals surface area (Å²) < 4.78 is 5.72. The van der Waals surface area contributed by atoms with E-state index in [-0.39, 0.29) is 5.69 Å². The summed E-state index contributed by atoms with van der Waals surface area (Å²) in [6.45, 7) is 3.97. The molecule has 0 bridgehead atoms. The molecule has 0 saturated carbocycles. The lowest BCUT2D eigenvalue weighted by Crippen LogP contribution is -2.25. The molecule has 7 heteroatoms. The monoisotopic (exact) mass is 274 g/mol. The molecule has 2 fully saturated rings. The Balaban J connectivity index is 1.66. The zero-order valence-electron chi connectivity index (χ0n) is 10.8. The zero-order chi connectivity index (χ0) is 13.7. The van der Waals surface area contributed by atoms with Gasteiger partial charge in [-0.1, -0.05) is 0 Å². The second-order valence-corrected chi connectivity index (χ2v) is 5.49. The molecule has 104 valence electrons. The van der Waals surface area contributed by atoms with E-state index in [2.05, 4.69) is 15.2 Å². The molecule has 2 saturated heterocycles. The molecule has 0 aliphatic carbocycles. The van der Waals surface area contributed by atoms with Crippen LogP contribution >= 0.6 is 0 Å². The normalized spacial score (nSPS) is 25.3. The maximum absolute atomic E-state index is 10.8. The van der Waals surface area contributed by atoms with Crippen molar-refractivity contribution in [2.24, 2.45) is 11.8 Å². The van der Waals surface area contributed by atoms with Crippen LogP contribution in [-0.2, 0) is 0 Å². The minimum atomic E-state index is -0.417. The van der Waals surface area contributed by atoms with E-state index in [9.17, 15) is 10.1 Å². The van der Waals surface area contributed by atoms with Crippen LogP contribution in [0.25, 0.3) is 11.1 Å². The van der Waals surface area contributed by atoms with Gasteiger partial charge in [0.1, 0.15) is 5.52 Å². The minimum absolute atomic E-state index is 0.0415. The molecule has 20 heavy (non-hydrogen) atoms. The highest BCUT2D eigenvalue weighted by molar-refractivity contribution is 5.77. The van der Waals surface area contributed by atoms with Crippen molar-refractivity contribution in [3.63, 3.8) is 0 Å². The van der Waals surface area contributed by atoms with Gasteiger partial charge in [-0.2, -0.15) is 4.98 Å². The van der Waals surface area contributed by atoms with Crippen molar-refractivity contribution in [1.29, 1.82) is 0 Å². The SMILES string of the molecule is O=[N+]([O-])c1ccc2oc(N3C[C@H]4CNC[C@H]4C3)nc2c1.